The van der Waals surface area contributed by atoms with E-state index in [-0.39, 0.29) is 56.6 Å². The fraction of sp³-hybridized carbons (Fsp3) is 0.622. The molecule has 20 heteroatoms. The van der Waals surface area contributed by atoms with Crippen molar-refractivity contribution >= 4 is 47.4 Å². The molecule has 318 valence electrons. The molecule has 0 spiro atoms. The largest absolute Gasteiger partial charge is 0.481 e. The van der Waals surface area contributed by atoms with Crippen LogP contribution in [0.4, 0.5) is 0 Å². The molecule has 0 radical (unpaired) electrons. The number of aliphatic imine (C=N–C) groups is 1. The average molecular weight is 805 g/mol. The number of carbonyl (C=O) groups is 7. The van der Waals surface area contributed by atoms with Gasteiger partial charge in [-0.25, -0.2) is 0 Å². The quantitative estimate of drug-likeness (QED) is 0.0316. The normalized spacial score (nSPS) is 20.0. The summed E-state index contributed by atoms with van der Waals surface area (Å²) in [5.41, 5.74) is 16.9. The molecule has 2 rings (SSSR count). The van der Waals surface area contributed by atoms with E-state index in [9.17, 15) is 38.7 Å². The van der Waals surface area contributed by atoms with Gasteiger partial charge in [-0.05, 0) is 50.5 Å². The van der Waals surface area contributed by atoms with Gasteiger partial charge in [-0.1, -0.05) is 37.3 Å². The molecule has 5 atom stereocenters. The summed E-state index contributed by atoms with van der Waals surface area (Å²) in [5.74, 6) is -5.77. The van der Waals surface area contributed by atoms with E-state index in [1.807, 2.05) is 6.92 Å². The van der Waals surface area contributed by atoms with E-state index in [0.717, 1.165) is 6.42 Å². The summed E-state index contributed by atoms with van der Waals surface area (Å²) < 4.78 is 11.1. The molecule has 2 unspecified atom stereocenters. The topological polar surface area (TPSA) is 321 Å². The Morgan fingerprint density at radius 3 is 2.18 bits per heavy atom. The van der Waals surface area contributed by atoms with Gasteiger partial charge in [0.1, 0.15) is 24.2 Å². The molecule has 0 aromatic heterocycles. The summed E-state index contributed by atoms with van der Waals surface area (Å²) in [6.07, 6.45) is 1.74. The zero-order valence-corrected chi connectivity index (χ0v) is 32.6. The van der Waals surface area contributed by atoms with Gasteiger partial charge >= 0.3 is 5.97 Å². The third kappa shape index (κ3) is 20.4. The summed E-state index contributed by atoms with van der Waals surface area (Å²) in [6.45, 7) is 3.45. The fourth-order valence-electron chi connectivity index (χ4n) is 5.78. The molecule has 1 saturated heterocycles. The number of carboxylic acids is 1. The number of benzene rings is 1. The van der Waals surface area contributed by atoms with Crippen LogP contribution in [0.15, 0.2) is 35.3 Å². The Bertz CT molecular complexity index is 1480. The fourth-order valence-corrected chi connectivity index (χ4v) is 5.78. The number of amides is 6. The van der Waals surface area contributed by atoms with Crippen LogP contribution >= 0.6 is 0 Å². The van der Waals surface area contributed by atoms with E-state index in [4.69, 9.17) is 26.7 Å². The lowest BCUT2D eigenvalue weighted by atomic mass is 10.0. The van der Waals surface area contributed by atoms with E-state index >= 15 is 0 Å². The zero-order valence-electron chi connectivity index (χ0n) is 32.6. The Hall–Kier alpha value is -5.34. The number of hydrogen-bond donors (Lipinski definition) is 10. The minimum absolute atomic E-state index is 0.0357. The van der Waals surface area contributed by atoms with Crippen molar-refractivity contribution in [1.82, 2.24) is 31.9 Å². The molecule has 1 aromatic carbocycles. The second-order valence-corrected chi connectivity index (χ2v) is 13.4. The first kappa shape index (κ1) is 47.8. The molecule has 1 fully saturated rings. The highest BCUT2D eigenvalue weighted by Crippen LogP contribution is 2.10. The molecule has 1 aliphatic rings. The van der Waals surface area contributed by atoms with Crippen molar-refractivity contribution in [2.45, 2.75) is 101 Å². The van der Waals surface area contributed by atoms with E-state index in [0.29, 0.717) is 57.7 Å². The maximum Gasteiger partial charge on any atom is 0.305 e. The van der Waals surface area contributed by atoms with E-state index in [2.05, 4.69) is 36.9 Å². The van der Waals surface area contributed by atoms with Crippen LogP contribution < -0.4 is 49.1 Å². The Labute approximate surface area is 332 Å². The highest BCUT2D eigenvalue weighted by atomic mass is 16.5. The van der Waals surface area contributed by atoms with Gasteiger partial charge in [0, 0.05) is 32.5 Å². The number of ether oxygens (including phenoxy) is 2. The smallest absolute Gasteiger partial charge is 0.305 e. The van der Waals surface area contributed by atoms with Crippen LogP contribution in [-0.4, -0.2) is 129 Å². The maximum absolute atomic E-state index is 13.9. The number of guanidine groups is 1. The Morgan fingerprint density at radius 2 is 1.51 bits per heavy atom. The van der Waals surface area contributed by atoms with Crippen molar-refractivity contribution in [3.05, 3.63) is 35.9 Å². The first-order chi connectivity index (χ1) is 27.3. The Balaban J connectivity index is 2.24. The molecule has 0 saturated carbocycles. The summed E-state index contributed by atoms with van der Waals surface area (Å²) in [5, 5.41) is 25.0. The number of rotatable bonds is 23. The third-order valence-electron chi connectivity index (χ3n) is 8.81. The molecule has 1 heterocycles. The molecule has 13 N–H and O–H groups in total. The van der Waals surface area contributed by atoms with Crippen LogP contribution in [0.25, 0.3) is 0 Å². The lowest BCUT2D eigenvalue weighted by molar-refractivity contribution is -0.141. The number of aliphatic carboxylic acids is 1. The Kier molecular flexibility index (Phi) is 22.9. The predicted octanol–water partition coefficient (Wildman–Crippen LogP) is -2.34. The first-order valence-corrected chi connectivity index (χ1v) is 19.3. The van der Waals surface area contributed by atoms with Gasteiger partial charge in [0.05, 0.1) is 38.9 Å². The average Bonchev–Trinajstić information content (AvgIpc) is 3.17. The van der Waals surface area contributed by atoms with Gasteiger partial charge in [-0.3, -0.25) is 38.6 Å². The third-order valence-corrected chi connectivity index (χ3v) is 8.81. The van der Waals surface area contributed by atoms with Gasteiger partial charge in [-0.2, -0.15) is 0 Å². The van der Waals surface area contributed by atoms with Crippen LogP contribution in [0.2, 0.25) is 0 Å². The van der Waals surface area contributed by atoms with Gasteiger partial charge in [0.15, 0.2) is 5.96 Å². The van der Waals surface area contributed by atoms with Crippen molar-refractivity contribution in [3.8, 4) is 0 Å². The van der Waals surface area contributed by atoms with Crippen molar-refractivity contribution < 1.29 is 48.1 Å². The minimum atomic E-state index is -1.59. The lowest BCUT2D eigenvalue weighted by Gasteiger charge is -2.26. The number of nitrogens with zero attached hydrogens (tertiary/aromatic N) is 1. The van der Waals surface area contributed by atoms with Crippen LogP contribution in [0.5, 0.6) is 0 Å². The SMILES string of the molecule is CCC(CCC(=O)NCCCC[C@@H]1NC(=O)[C@@H](Cc2ccccc2)NC(=O)C(CC(=O)O)NC(=O)CNC(=O)[C@H](CCCN=C(N)N)NC1=O)OCCOCCN. The van der Waals surface area contributed by atoms with Crippen LogP contribution in [-0.2, 0) is 49.5 Å². The predicted molar refractivity (Wildman–Crippen MR) is 209 cm³/mol. The standard InChI is InChI=1S/C37H60N10O10/c1-2-25(57-20-19-56-18-15-38)13-14-30(48)41-16-7-6-11-27-34(53)45-26(12-8-17-42-37(39)40)33(52)43-23-31(49)44-29(22-32(50)51)36(55)47-28(35(54)46-27)21-24-9-4-3-5-10-24/h3-5,9-10,25-29H,2,6-8,11-23,38H2,1H3,(H,41,48)(H,43,52)(H,44,49)(H,45,53)(H,46,54)(H,47,55)(H,50,51)(H4,39,40,42)/t25?,26-,27-,28+,29?/m0/s1. The minimum Gasteiger partial charge on any atom is -0.481 e. The van der Waals surface area contributed by atoms with Crippen molar-refractivity contribution in [2.75, 3.05) is 46.0 Å². The lowest BCUT2D eigenvalue weighted by Crippen LogP contribution is -2.58. The first-order valence-electron chi connectivity index (χ1n) is 19.3. The van der Waals surface area contributed by atoms with E-state index in [1.54, 1.807) is 30.3 Å². The molecule has 0 aliphatic carbocycles. The highest BCUT2D eigenvalue weighted by molar-refractivity contribution is 5.98. The van der Waals surface area contributed by atoms with E-state index in [1.165, 1.54) is 0 Å². The molecule has 0 bridgehead atoms. The van der Waals surface area contributed by atoms with Crippen molar-refractivity contribution in [1.29, 1.82) is 0 Å². The van der Waals surface area contributed by atoms with Crippen molar-refractivity contribution in [3.63, 3.8) is 0 Å². The van der Waals surface area contributed by atoms with Crippen LogP contribution in [0, 0.1) is 0 Å². The summed E-state index contributed by atoms with van der Waals surface area (Å²) in [4.78, 5) is 95.4. The number of carbonyl (C=O) groups excluding carboxylic acids is 6. The second-order valence-electron chi connectivity index (χ2n) is 13.4. The number of hydrogen-bond acceptors (Lipinski definition) is 11. The summed E-state index contributed by atoms with van der Waals surface area (Å²) in [6, 6.07) is 3.41. The molecular weight excluding hydrogens is 744 g/mol. The van der Waals surface area contributed by atoms with Gasteiger partial charge in [0.25, 0.3) is 0 Å². The molecule has 57 heavy (non-hydrogen) atoms. The highest BCUT2D eigenvalue weighted by Gasteiger charge is 2.33. The van der Waals surface area contributed by atoms with Crippen LogP contribution in [0.1, 0.15) is 70.3 Å². The van der Waals surface area contributed by atoms with Crippen LogP contribution in [0.3, 0.4) is 0 Å². The summed E-state index contributed by atoms with van der Waals surface area (Å²) >= 11 is 0. The van der Waals surface area contributed by atoms with Gasteiger partial charge in [-0.15, -0.1) is 0 Å². The molecule has 20 nitrogen and oxygen atoms in total. The monoisotopic (exact) mass is 804 g/mol. The van der Waals surface area contributed by atoms with Gasteiger partial charge in [0.2, 0.25) is 35.4 Å². The van der Waals surface area contributed by atoms with E-state index < -0.39 is 72.6 Å². The summed E-state index contributed by atoms with van der Waals surface area (Å²) in [7, 11) is 0. The molecule has 1 aromatic rings. The maximum atomic E-state index is 13.9. The van der Waals surface area contributed by atoms with Crippen molar-refractivity contribution in [2.24, 2.45) is 22.2 Å². The number of carboxylic acid groups (broad SMARTS) is 1. The number of nitrogens with one attached hydrogen (secondary N) is 6. The molecule has 1 aliphatic heterocycles. The molecular formula is C37H60N10O10. The molecule has 6 amide bonds. The Morgan fingerprint density at radius 1 is 0.860 bits per heavy atom. The second kappa shape index (κ2) is 27.3. The number of nitrogens with two attached hydrogens (primary N) is 3. The van der Waals surface area contributed by atoms with Gasteiger partial charge < -0.3 is 63.7 Å². The number of unbranched alkanes of at least 4 members (excludes halogenated alkanes) is 1. The zero-order chi connectivity index (χ0) is 42.0.